The Labute approximate surface area is 77.3 Å². The lowest BCUT2D eigenvalue weighted by molar-refractivity contribution is 0.421. The highest BCUT2D eigenvalue weighted by Gasteiger charge is 2.04. The summed E-state index contributed by atoms with van der Waals surface area (Å²) < 4.78 is 0. The predicted molar refractivity (Wildman–Crippen MR) is 56.9 cm³/mol. The summed E-state index contributed by atoms with van der Waals surface area (Å²) in [5, 5.41) is 0. The fourth-order valence-electron chi connectivity index (χ4n) is 1.49. The van der Waals surface area contributed by atoms with Crippen molar-refractivity contribution in [1.82, 2.24) is 0 Å². The van der Waals surface area contributed by atoms with Crippen LogP contribution in [0, 0.1) is 11.8 Å². The highest BCUT2D eigenvalue weighted by Crippen LogP contribution is 2.16. The summed E-state index contributed by atoms with van der Waals surface area (Å²) in [7, 11) is 1.88. The van der Waals surface area contributed by atoms with E-state index in [1.807, 2.05) is 7.05 Å². The lowest BCUT2D eigenvalue weighted by atomic mass is 9.94. The van der Waals surface area contributed by atoms with Crippen LogP contribution in [0.3, 0.4) is 0 Å². The molecule has 0 amide bonds. The lowest BCUT2D eigenvalue weighted by Crippen LogP contribution is -2.02. The first-order valence-electron chi connectivity index (χ1n) is 4.98. The molecular formula is C11H23N. The molecule has 0 fully saturated rings. The van der Waals surface area contributed by atoms with Gasteiger partial charge in [-0.15, -0.1) is 0 Å². The molecule has 0 aromatic heterocycles. The van der Waals surface area contributed by atoms with E-state index < -0.39 is 0 Å². The Kier molecular flexibility index (Phi) is 6.04. The van der Waals surface area contributed by atoms with Gasteiger partial charge in [-0.1, -0.05) is 20.8 Å². The Morgan fingerprint density at radius 3 is 2.25 bits per heavy atom. The average molecular weight is 169 g/mol. The molecule has 0 aliphatic carbocycles. The third kappa shape index (κ3) is 6.38. The quantitative estimate of drug-likeness (QED) is 0.558. The van der Waals surface area contributed by atoms with Crippen LogP contribution in [0.1, 0.15) is 47.0 Å². The monoisotopic (exact) mass is 169 g/mol. The van der Waals surface area contributed by atoms with E-state index in [0.717, 1.165) is 11.8 Å². The largest absolute Gasteiger partial charge is 0.298 e. The van der Waals surface area contributed by atoms with Gasteiger partial charge in [0, 0.05) is 12.8 Å². The zero-order valence-corrected chi connectivity index (χ0v) is 9.22. The van der Waals surface area contributed by atoms with Gasteiger partial charge in [0.25, 0.3) is 0 Å². The van der Waals surface area contributed by atoms with Crippen molar-refractivity contribution in [3.05, 3.63) is 0 Å². The molecule has 0 aromatic carbocycles. The number of nitrogens with zero attached hydrogens (tertiary/aromatic N) is 1. The average Bonchev–Trinajstić information content (AvgIpc) is 1.99. The minimum absolute atomic E-state index is 0.832. The fourth-order valence-corrected chi connectivity index (χ4v) is 1.49. The maximum atomic E-state index is 4.16. The van der Waals surface area contributed by atoms with Gasteiger partial charge in [0.2, 0.25) is 0 Å². The van der Waals surface area contributed by atoms with Crippen molar-refractivity contribution >= 4 is 5.71 Å². The lowest BCUT2D eigenvalue weighted by Gasteiger charge is -2.13. The molecule has 1 heteroatoms. The van der Waals surface area contributed by atoms with Crippen LogP contribution in [0.15, 0.2) is 4.99 Å². The second kappa shape index (κ2) is 6.22. The van der Waals surface area contributed by atoms with E-state index in [1.54, 1.807) is 0 Å². The zero-order valence-electron chi connectivity index (χ0n) is 9.22. The number of aliphatic imine (C=N–C) groups is 1. The van der Waals surface area contributed by atoms with Crippen LogP contribution in [0.4, 0.5) is 0 Å². The normalized spacial score (nSPS) is 15.3. The minimum Gasteiger partial charge on any atom is -0.298 e. The predicted octanol–water partition coefficient (Wildman–Crippen LogP) is 3.54. The van der Waals surface area contributed by atoms with E-state index in [9.17, 15) is 0 Å². The molecule has 1 atom stereocenters. The molecule has 0 heterocycles. The Bertz CT molecular complexity index is 136. The Morgan fingerprint density at radius 2 is 1.83 bits per heavy atom. The van der Waals surface area contributed by atoms with E-state index in [0.29, 0.717) is 0 Å². The standard InChI is InChI=1S/C11H23N/c1-9(2)8-10(3)6-7-11(4)12-5/h9-10H,6-8H2,1-5H3. The zero-order chi connectivity index (χ0) is 9.56. The van der Waals surface area contributed by atoms with Gasteiger partial charge < -0.3 is 0 Å². The molecule has 0 saturated heterocycles. The Balaban J connectivity index is 3.50. The van der Waals surface area contributed by atoms with Gasteiger partial charge in [-0.3, -0.25) is 4.99 Å². The van der Waals surface area contributed by atoms with Gasteiger partial charge >= 0.3 is 0 Å². The van der Waals surface area contributed by atoms with Crippen molar-refractivity contribution in [1.29, 1.82) is 0 Å². The molecule has 0 bridgehead atoms. The van der Waals surface area contributed by atoms with E-state index in [1.165, 1.54) is 25.0 Å². The summed E-state index contributed by atoms with van der Waals surface area (Å²) in [4.78, 5) is 4.16. The van der Waals surface area contributed by atoms with E-state index in [4.69, 9.17) is 0 Å². The molecule has 0 rings (SSSR count). The summed E-state index contributed by atoms with van der Waals surface area (Å²) in [6.07, 6.45) is 3.81. The summed E-state index contributed by atoms with van der Waals surface area (Å²) in [6, 6.07) is 0. The van der Waals surface area contributed by atoms with Gasteiger partial charge in [0.1, 0.15) is 0 Å². The van der Waals surface area contributed by atoms with Crippen LogP contribution in [0.2, 0.25) is 0 Å². The van der Waals surface area contributed by atoms with Crippen molar-refractivity contribution in [3.8, 4) is 0 Å². The number of hydrogen-bond donors (Lipinski definition) is 0. The summed E-state index contributed by atoms with van der Waals surface area (Å²) in [5.74, 6) is 1.68. The smallest absolute Gasteiger partial charge is 0.0276 e. The van der Waals surface area contributed by atoms with Crippen LogP contribution < -0.4 is 0 Å². The Morgan fingerprint density at radius 1 is 1.25 bits per heavy atom. The molecule has 0 aromatic rings. The van der Waals surface area contributed by atoms with Crippen LogP contribution in [-0.2, 0) is 0 Å². The molecule has 0 radical (unpaired) electrons. The van der Waals surface area contributed by atoms with Crippen LogP contribution >= 0.6 is 0 Å². The molecule has 0 aliphatic rings. The van der Waals surface area contributed by atoms with Crippen LogP contribution in [0.25, 0.3) is 0 Å². The SMILES string of the molecule is CN=C(C)CCC(C)CC(C)C. The van der Waals surface area contributed by atoms with E-state index in [-0.39, 0.29) is 0 Å². The highest BCUT2D eigenvalue weighted by atomic mass is 14.7. The summed E-state index contributed by atoms with van der Waals surface area (Å²) in [6.45, 7) is 9.03. The number of hydrogen-bond acceptors (Lipinski definition) is 1. The van der Waals surface area contributed by atoms with Gasteiger partial charge in [-0.05, 0) is 38.0 Å². The molecule has 1 unspecified atom stereocenters. The van der Waals surface area contributed by atoms with Gasteiger partial charge in [-0.25, -0.2) is 0 Å². The molecule has 0 aliphatic heterocycles. The Hall–Kier alpha value is -0.330. The van der Waals surface area contributed by atoms with Gasteiger partial charge in [0.15, 0.2) is 0 Å². The molecule has 0 saturated carbocycles. The third-order valence-corrected chi connectivity index (χ3v) is 2.25. The fraction of sp³-hybridized carbons (Fsp3) is 0.909. The van der Waals surface area contributed by atoms with E-state index in [2.05, 4.69) is 32.7 Å². The molecule has 0 spiro atoms. The van der Waals surface area contributed by atoms with Crippen molar-refractivity contribution in [2.24, 2.45) is 16.8 Å². The maximum Gasteiger partial charge on any atom is 0.0276 e. The molecule has 72 valence electrons. The molecule has 0 N–H and O–H groups in total. The summed E-state index contributed by atoms with van der Waals surface area (Å²) >= 11 is 0. The van der Waals surface area contributed by atoms with Crippen LogP contribution in [-0.4, -0.2) is 12.8 Å². The van der Waals surface area contributed by atoms with Gasteiger partial charge in [0.05, 0.1) is 0 Å². The third-order valence-electron chi connectivity index (χ3n) is 2.25. The van der Waals surface area contributed by atoms with Crippen LogP contribution in [0.5, 0.6) is 0 Å². The van der Waals surface area contributed by atoms with Crippen molar-refractivity contribution in [2.75, 3.05) is 7.05 Å². The first-order chi connectivity index (χ1) is 5.56. The molecule has 12 heavy (non-hydrogen) atoms. The minimum atomic E-state index is 0.832. The number of rotatable bonds is 5. The first kappa shape index (κ1) is 11.7. The summed E-state index contributed by atoms with van der Waals surface area (Å²) in [5.41, 5.74) is 1.28. The van der Waals surface area contributed by atoms with Crippen molar-refractivity contribution in [2.45, 2.75) is 47.0 Å². The second-order valence-corrected chi connectivity index (χ2v) is 4.23. The van der Waals surface area contributed by atoms with Crippen molar-refractivity contribution < 1.29 is 0 Å². The van der Waals surface area contributed by atoms with Crippen molar-refractivity contribution in [3.63, 3.8) is 0 Å². The van der Waals surface area contributed by atoms with E-state index >= 15 is 0 Å². The van der Waals surface area contributed by atoms with Gasteiger partial charge in [-0.2, -0.15) is 0 Å². The second-order valence-electron chi connectivity index (χ2n) is 4.23. The maximum absolute atomic E-state index is 4.16. The highest BCUT2D eigenvalue weighted by molar-refractivity contribution is 5.81. The first-order valence-corrected chi connectivity index (χ1v) is 4.98. The molecular weight excluding hydrogens is 146 g/mol. The topological polar surface area (TPSA) is 12.4 Å². The molecule has 1 nitrogen and oxygen atoms in total.